The Hall–Kier alpha value is -2.77. The number of rotatable bonds is 3. The van der Waals surface area contributed by atoms with Crippen LogP contribution in [-0.2, 0) is 6.54 Å². The number of aromatic nitrogens is 2. The van der Waals surface area contributed by atoms with Gasteiger partial charge in [-0.25, -0.2) is 13.6 Å². The first kappa shape index (κ1) is 16.1. The lowest BCUT2D eigenvalue weighted by Gasteiger charge is -2.35. The molecule has 1 aliphatic heterocycles. The van der Waals surface area contributed by atoms with Crippen molar-refractivity contribution in [3.05, 3.63) is 53.7 Å². The molecule has 24 heavy (non-hydrogen) atoms. The summed E-state index contributed by atoms with van der Waals surface area (Å²) in [4.78, 5) is 15.9. The number of carbonyl (C=O) groups is 1. The molecule has 2 amide bonds. The van der Waals surface area contributed by atoms with E-state index in [0.717, 1.165) is 18.0 Å². The SMILES string of the molecule is O=C(NCc1ccc(F)c(F)c1)N1CCN(c2cccnn2)CC1. The Labute approximate surface area is 138 Å². The monoisotopic (exact) mass is 333 g/mol. The Morgan fingerprint density at radius 3 is 2.58 bits per heavy atom. The van der Waals surface area contributed by atoms with Crippen molar-refractivity contribution >= 4 is 11.8 Å². The molecular weight excluding hydrogens is 316 g/mol. The van der Waals surface area contributed by atoms with Gasteiger partial charge in [0, 0.05) is 38.9 Å². The fourth-order valence-corrected chi connectivity index (χ4v) is 2.54. The maximum absolute atomic E-state index is 13.1. The number of urea groups is 1. The van der Waals surface area contributed by atoms with Crippen LogP contribution in [-0.4, -0.2) is 47.3 Å². The van der Waals surface area contributed by atoms with Crippen LogP contribution in [0, 0.1) is 11.6 Å². The van der Waals surface area contributed by atoms with Crippen molar-refractivity contribution in [3.63, 3.8) is 0 Å². The number of nitrogens with zero attached hydrogens (tertiary/aromatic N) is 4. The molecule has 0 radical (unpaired) electrons. The van der Waals surface area contributed by atoms with Gasteiger partial charge in [-0.2, -0.15) is 5.10 Å². The van der Waals surface area contributed by atoms with Crippen molar-refractivity contribution in [2.75, 3.05) is 31.1 Å². The van der Waals surface area contributed by atoms with Crippen LogP contribution in [0.4, 0.5) is 19.4 Å². The number of piperazine rings is 1. The van der Waals surface area contributed by atoms with Gasteiger partial charge in [0.25, 0.3) is 0 Å². The molecule has 0 atom stereocenters. The van der Waals surface area contributed by atoms with Crippen LogP contribution in [0.3, 0.4) is 0 Å². The molecule has 0 aliphatic carbocycles. The Balaban J connectivity index is 1.49. The van der Waals surface area contributed by atoms with E-state index in [1.165, 1.54) is 6.07 Å². The zero-order valence-corrected chi connectivity index (χ0v) is 13.0. The molecule has 0 spiro atoms. The van der Waals surface area contributed by atoms with Crippen molar-refractivity contribution in [2.24, 2.45) is 0 Å². The first-order valence-electron chi connectivity index (χ1n) is 7.63. The molecule has 126 valence electrons. The lowest BCUT2D eigenvalue weighted by molar-refractivity contribution is 0.193. The third-order valence-electron chi connectivity index (χ3n) is 3.88. The summed E-state index contributed by atoms with van der Waals surface area (Å²) in [5.41, 5.74) is 0.514. The second kappa shape index (κ2) is 7.20. The first-order chi connectivity index (χ1) is 11.6. The fraction of sp³-hybridized carbons (Fsp3) is 0.312. The maximum Gasteiger partial charge on any atom is 0.317 e. The largest absolute Gasteiger partial charge is 0.352 e. The number of amides is 2. The topological polar surface area (TPSA) is 61.4 Å². The fourth-order valence-electron chi connectivity index (χ4n) is 2.54. The van der Waals surface area contributed by atoms with Gasteiger partial charge in [-0.15, -0.1) is 5.10 Å². The number of nitrogens with one attached hydrogen (secondary N) is 1. The third kappa shape index (κ3) is 3.76. The molecule has 1 N–H and O–H groups in total. The second-order valence-electron chi connectivity index (χ2n) is 5.46. The number of anilines is 1. The van der Waals surface area contributed by atoms with E-state index in [1.54, 1.807) is 11.1 Å². The average molecular weight is 333 g/mol. The van der Waals surface area contributed by atoms with Crippen molar-refractivity contribution in [1.29, 1.82) is 0 Å². The van der Waals surface area contributed by atoms with E-state index in [4.69, 9.17) is 0 Å². The van der Waals surface area contributed by atoms with Crippen molar-refractivity contribution in [1.82, 2.24) is 20.4 Å². The first-order valence-corrected chi connectivity index (χ1v) is 7.63. The molecule has 1 fully saturated rings. The molecular formula is C16H17F2N5O. The molecule has 1 aliphatic rings. The Bertz CT molecular complexity index is 705. The van der Waals surface area contributed by atoms with Gasteiger partial charge >= 0.3 is 6.03 Å². The van der Waals surface area contributed by atoms with Crippen LogP contribution in [0.2, 0.25) is 0 Å². The second-order valence-corrected chi connectivity index (χ2v) is 5.46. The summed E-state index contributed by atoms with van der Waals surface area (Å²) in [6, 6.07) is 7.07. The van der Waals surface area contributed by atoms with E-state index in [9.17, 15) is 13.6 Å². The Kier molecular flexibility index (Phi) is 4.83. The standard InChI is InChI=1S/C16H17F2N5O/c17-13-4-3-12(10-14(13)18)11-19-16(24)23-8-6-22(7-9-23)15-2-1-5-20-21-15/h1-5,10H,6-9,11H2,(H,19,24). The predicted octanol–water partition coefficient (Wildman–Crippen LogP) is 1.79. The van der Waals surface area contributed by atoms with E-state index >= 15 is 0 Å². The van der Waals surface area contributed by atoms with Gasteiger partial charge in [0.1, 0.15) is 0 Å². The zero-order valence-electron chi connectivity index (χ0n) is 13.0. The summed E-state index contributed by atoms with van der Waals surface area (Å²) in [6.45, 7) is 2.59. The van der Waals surface area contributed by atoms with E-state index in [-0.39, 0.29) is 12.6 Å². The van der Waals surface area contributed by atoms with Crippen LogP contribution in [0.25, 0.3) is 0 Å². The molecule has 1 aromatic heterocycles. The lowest BCUT2D eigenvalue weighted by atomic mass is 10.2. The molecule has 1 aromatic carbocycles. The van der Waals surface area contributed by atoms with Gasteiger partial charge in [0.15, 0.2) is 17.5 Å². The predicted molar refractivity (Wildman–Crippen MR) is 84.4 cm³/mol. The molecule has 2 heterocycles. The third-order valence-corrected chi connectivity index (χ3v) is 3.88. The molecule has 2 aromatic rings. The molecule has 8 heteroatoms. The van der Waals surface area contributed by atoms with Crippen LogP contribution < -0.4 is 10.2 Å². The minimum Gasteiger partial charge on any atom is -0.352 e. The molecule has 3 rings (SSSR count). The number of carbonyl (C=O) groups excluding carboxylic acids is 1. The van der Waals surface area contributed by atoms with Crippen LogP contribution in [0.15, 0.2) is 36.5 Å². The van der Waals surface area contributed by atoms with Gasteiger partial charge in [-0.05, 0) is 29.8 Å². The van der Waals surface area contributed by atoms with Crippen molar-refractivity contribution < 1.29 is 13.6 Å². The molecule has 0 saturated carbocycles. The van der Waals surface area contributed by atoms with E-state index in [1.807, 2.05) is 12.1 Å². The van der Waals surface area contributed by atoms with Gasteiger partial charge < -0.3 is 15.1 Å². The molecule has 6 nitrogen and oxygen atoms in total. The van der Waals surface area contributed by atoms with E-state index in [2.05, 4.69) is 20.4 Å². The average Bonchev–Trinajstić information content (AvgIpc) is 2.63. The van der Waals surface area contributed by atoms with Gasteiger partial charge in [0.2, 0.25) is 0 Å². The highest BCUT2D eigenvalue weighted by Gasteiger charge is 2.21. The van der Waals surface area contributed by atoms with E-state index < -0.39 is 11.6 Å². The highest BCUT2D eigenvalue weighted by Crippen LogP contribution is 2.12. The maximum atomic E-state index is 13.1. The Morgan fingerprint density at radius 1 is 1.12 bits per heavy atom. The summed E-state index contributed by atoms with van der Waals surface area (Å²) >= 11 is 0. The number of hydrogen-bond donors (Lipinski definition) is 1. The van der Waals surface area contributed by atoms with Gasteiger partial charge in [-0.1, -0.05) is 6.07 Å². The van der Waals surface area contributed by atoms with Crippen LogP contribution in [0.5, 0.6) is 0 Å². The normalized spacial score (nSPS) is 14.6. The van der Waals surface area contributed by atoms with Crippen molar-refractivity contribution in [2.45, 2.75) is 6.54 Å². The van der Waals surface area contributed by atoms with Gasteiger partial charge in [0.05, 0.1) is 0 Å². The summed E-state index contributed by atoms with van der Waals surface area (Å²) in [6.07, 6.45) is 1.62. The van der Waals surface area contributed by atoms with Crippen molar-refractivity contribution in [3.8, 4) is 0 Å². The molecule has 0 bridgehead atoms. The number of halogens is 2. The zero-order chi connectivity index (χ0) is 16.9. The smallest absolute Gasteiger partial charge is 0.317 e. The quantitative estimate of drug-likeness (QED) is 0.930. The molecule has 0 unspecified atom stereocenters. The minimum absolute atomic E-state index is 0.153. The number of benzene rings is 1. The minimum atomic E-state index is -0.917. The lowest BCUT2D eigenvalue weighted by Crippen LogP contribution is -2.51. The summed E-state index contributed by atoms with van der Waals surface area (Å²) in [5.74, 6) is -1.02. The highest BCUT2D eigenvalue weighted by molar-refractivity contribution is 5.74. The summed E-state index contributed by atoms with van der Waals surface area (Å²) in [7, 11) is 0. The highest BCUT2D eigenvalue weighted by atomic mass is 19.2. The van der Waals surface area contributed by atoms with Crippen LogP contribution in [0.1, 0.15) is 5.56 Å². The van der Waals surface area contributed by atoms with Gasteiger partial charge in [-0.3, -0.25) is 0 Å². The molecule has 1 saturated heterocycles. The summed E-state index contributed by atoms with van der Waals surface area (Å²) in [5, 5.41) is 10.6. The number of hydrogen-bond acceptors (Lipinski definition) is 4. The summed E-state index contributed by atoms with van der Waals surface area (Å²) < 4.78 is 26.0. The van der Waals surface area contributed by atoms with Crippen LogP contribution >= 0.6 is 0 Å². The van der Waals surface area contributed by atoms with E-state index in [0.29, 0.717) is 31.7 Å². The Morgan fingerprint density at radius 2 is 1.92 bits per heavy atom.